The number of carbonyl (C=O) groups is 2. The summed E-state index contributed by atoms with van der Waals surface area (Å²) in [5, 5.41) is 21.7. The molecular weight excluding hydrogens is 344 g/mol. The Morgan fingerprint density at radius 3 is 2.56 bits per heavy atom. The molecule has 1 atom stereocenters. The van der Waals surface area contributed by atoms with Crippen LogP contribution in [-0.2, 0) is 11.3 Å². The number of carboxylic acid groups (broad SMARTS) is 2. The highest BCUT2D eigenvalue weighted by Crippen LogP contribution is 2.28. The summed E-state index contributed by atoms with van der Waals surface area (Å²) in [5.41, 5.74) is 8.11. The molecule has 6 nitrogen and oxygen atoms in total. The van der Waals surface area contributed by atoms with Crippen molar-refractivity contribution in [1.82, 2.24) is 0 Å². The molecule has 5 N–H and O–H groups in total. The van der Waals surface area contributed by atoms with E-state index in [1.54, 1.807) is 30.3 Å². The zero-order chi connectivity index (χ0) is 18.4. The van der Waals surface area contributed by atoms with Crippen molar-refractivity contribution in [3.05, 3.63) is 64.2 Å². The summed E-state index contributed by atoms with van der Waals surface area (Å²) in [6.07, 6.45) is -0.0573. The smallest absolute Gasteiger partial charge is 0.335 e. The van der Waals surface area contributed by atoms with Crippen LogP contribution in [0, 0.1) is 0 Å². The van der Waals surface area contributed by atoms with Crippen LogP contribution in [0.1, 0.15) is 33.8 Å². The maximum Gasteiger partial charge on any atom is 0.335 e. The molecule has 0 aliphatic carbocycles. The standard InChI is InChI=1S/C18H19ClN2O4/c19-15-5-4-12(14(9-20)8-17(22)23)7-16(15)21-10-11-2-1-3-13(6-11)18(24)25/h1-7,14,21H,8-10,20H2,(H,22,23)(H,24,25)/t14-/m0/s1. The number of aliphatic carboxylic acids is 1. The minimum atomic E-state index is -0.985. The molecule has 25 heavy (non-hydrogen) atoms. The third-order valence-electron chi connectivity index (χ3n) is 3.82. The summed E-state index contributed by atoms with van der Waals surface area (Å²) in [4.78, 5) is 22.0. The predicted octanol–water partition coefficient (Wildman–Crippen LogP) is 3.17. The largest absolute Gasteiger partial charge is 0.481 e. The lowest BCUT2D eigenvalue weighted by Crippen LogP contribution is -2.16. The van der Waals surface area contributed by atoms with Crippen LogP contribution in [0.25, 0.3) is 0 Å². The van der Waals surface area contributed by atoms with Crippen molar-refractivity contribution in [2.24, 2.45) is 5.73 Å². The molecule has 0 aliphatic rings. The molecule has 0 bridgehead atoms. The molecule has 0 heterocycles. The Morgan fingerprint density at radius 1 is 1.16 bits per heavy atom. The topological polar surface area (TPSA) is 113 Å². The summed E-state index contributed by atoms with van der Waals surface area (Å²) in [5.74, 6) is -2.20. The van der Waals surface area contributed by atoms with Crippen molar-refractivity contribution in [2.75, 3.05) is 11.9 Å². The molecule has 2 rings (SSSR count). The first-order chi connectivity index (χ1) is 11.9. The van der Waals surface area contributed by atoms with E-state index in [0.29, 0.717) is 17.3 Å². The summed E-state index contributed by atoms with van der Waals surface area (Å²) in [7, 11) is 0. The fourth-order valence-corrected chi connectivity index (χ4v) is 2.68. The lowest BCUT2D eigenvalue weighted by atomic mass is 9.95. The Labute approximate surface area is 150 Å². The fourth-order valence-electron chi connectivity index (χ4n) is 2.49. The number of aromatic carboxylic acids is 1. The van der Waals surface area contributed by atoms with Crippen LogP contribution in [0.5, 0.6) is 0 Å². The number of nitrogens with two attached hydrogens (primary N) is 1. The molecule has 0 saturated carbocycles. The summed E-state index contributed by atoms with van der Waals surface area (Å²) in [6, 6.07) is 11.8. The van der Waals surface area contributed by atoms with E-state index >= 15 is 0 Å². The Bertz CT molecular complexity index is 779. The molecule has 0 unspecified atom stereocenters. The van der Waals surface area contributed by atoms with Gasteiger partial charge in [-0.2, -0.15) is 0 Å². The molecule has 0 fully saturated rings. The first-order valence-electron chi connectivity index (χ1n) is 7.68. The summed E-state index contributed by atoms with van der Waals surface area (Å²) >= 11 is 6.19. The molecule has 2 aromatic rings. The maximum atomic E-state index is 11.0. The molecule has 0 aliphatic heterocycles. The second-order valence-corrected chi connectivity index (χ2v) is 6.04. The lowest BCUT2D eigenvalue weighted by Gasteiger charge is -2.16. The number of halogens is 1. The van der Waals surface area contributed by atoms with Gasteiger partial charge in [-0.3, -0.25) is 4.79 Å². The quantitative estimate of drug-likeness (QED) is 0.573. The van der Waals surface area contributed by atoms with Gasteiger partial charge in [-0.15, -0.1) is 0 Å². The van der Waals surface area contributed by atoms with Crippen LogP contribution in [0.2, 0.25) is 5.02 Å². The van der Waals surface area contributed by atoms with Gasteiger partial charge < -0.3 is 21.3 Å². The molecular formula is C18H19ClN2O4. The Kier molecular flexibility index (Phi) is 6.38. The van der Waals surface area contributed by atoms with Gasteiger partial charge in [0.05, 0.1) is 22.7 Å². The van der Waals surface area contributed by atoms with E-state index in [-0.39, 0.29) is 24.4 Å². The van der Waals surface area contributed by atoms with Crippen LogP contribution in [0.3, 0.4) is 0 Å². The number of benzene rings is 2. The van der Waals surface area contributed by atoms with E-state index < -0.39 is 11.9 Å². The molecule has 7 heteroatoms. The summed E-state index contributed by atoms with van der Waals surface area (Å²) in [6.45, 7) is 0.602. The van der Waals surface area contributed by atoms with Crippen LogP contribution < -0.4 is 11.1 Å². The minimum absolute atomic E-state index is 0.0573. The number of hydrogen-bond acceptors (Lipinski definition) is 4. The van der Waals surface area contributed by atoms with Gasteiger partial charge in [0.1, 0.15) is 0 Å². The van der Waals surface area contributed by atoms with Crippen molar-refractivity contribution in [1.29, 1.82) is 0 Å². The minimum Gasteiger partial charge on any atom is -0.481 e. The molecule has 0 amide bonds. The number of hydrogen-bond donors (Lipinski definition) is 4. The van der Waals surface area contributed by atoms with E-state index in [4.69, 9.17) is 27.5 Å². The zero-order valence-corrected chi connectivity index (χ0v) is 14.2. The third kappa shape index (κ3) is 5.20. The van der Waals surface area contributed by atoms with E-state index in [0.717, 1.165) is 11.1 Å². The van der Waals surface area contributed by atoms with Crippen LogP contribution in [-0.4, -0.2) is 28.7 Å². The normalized spacial score (nSPS) is 11.8. The second kappa shape index (κ2) is 8.50. The Balaban J connectivity index is 2.16. The Morgan fingerprint density at radius 2 is 1.92 bits per heavy atom. The highest BCUT2D eigenvalue weighted by molar-refractivity contribution is 6.33. The van der Waals surface area contributed by atoms with Crippen molar-refractivity contribution < 1.29 is 19.8 Å². The molecule has 0 aromatic heterocycles. The zero-order valence-electron chi connectivity index (χ0n) is 13.4. The van der Waals surface area contributed by atoms with Crippen molar-refractivity contribution in [2.45, 2.75) is 18.9 Å². The van der Waals surface area contributed by atoms with Gasteiger partial charge in [0.2, 0.25) is 0 Å². The lowest BCUT2D eigenvalue weighted by molar-refractivity contribution is -0.137. The van der Waals surface area contributed by atoms with Crippen LogP contribution in [0.15, 0.2) is 42.5 Å². The monoisotopic (exact) mass is 362 g/mol. The van der Waals surface area contributed by atoms with Crippen LogP contribution >= 0.6 is 11.6 Å². The molecule has 132 valence electrons. The first-order valence-corrected chi connectivity index (χ1v) is 8.06. The van der Waals surface area contributed by atoms with Gasteiger partial charge in [0.15, 0.2) is 0 Å². The van der Waals surface area contributed by atoms with Gasteiger partial charge >= 0.3 is 11.9 Å². The van der Waals surface area contributed by atoms with Gasteiger partial charge in [-0.25, -0.2) is 4.79 Å². The Hall–Kier alpha value is -2.57. The number of anilines is 1. The van der Waals surface area contributed by atoms with Gasteiger partial charge in [0.25, 0.3) is 0 Å². The van der Waals surface area contributed by atoms with Crippen LogP contribution in [0.4, 0.5) is 5.69 Å². The fraction of sp³-hybridized carbons (Fsp3) is 0.222. The van der Waals surface area contributed by atoms with E-state index in [1.807, 2.05) is 6.07 Å². The average molecular weight is 363 g/mol. The highest BCUT2D eigenvalue weighted by atomic mass is 35.5. The van der Waals surface area contributed by atoms with Crippen molar-refractivity contribution >= 4 is 29.2 Å². The van der Waals surface area contributed by atoms with Crippen molar-refractivity contribution in [3.8, 4) is 0 Å². The number of nitrogens with one attached hydrogen (secondary N) is 1. The molecule has 0 spiro atoms. The van der Waals surface area contributed by atoms with E-state index in [9.17, 15) is 9.59 Å². The summed E-state index contributed by atoms with van der Waals surface area (Å²) < 4.78 is 0. The second-order valence-electron chi connectivity index (χ2n) is 5.63. The SMILES string of the molecule is NC[C@H](CC(=O)O)c1ccc(Cl)c(NCc2cccc(C(=O)O)c2)c1. The molecule has 0 radical (unpaired) electrons. The highest BCUT2D eigenvalue weighted by Gasteiger charge is 2.15. The van der Waals surface area contributed by atoms with Crippen molar-refractivity contribution in [3.63, 3.8) is 0 Å². The first kappa shape index (κ1) is 18.8. The third-order valence-corrected chi connectivity index (χ3v) is 4.15. The van der Waals surface area contributed by atoms with Gasteiger partial charge in [-0.05, 0) is 41.9 Å². The molecule has 0 saturated heterocycles. The van der Waals surface area contributed by atoms with Gasteiger partial charge in [-0.1, -0.05) is 29.8 Å². The number of rotatable bonds is 8. The van der Waals surface area contributed by atoms with E-state index in [1.165, 1.54) is 6.07 Å². The molecule has 2 aromatic carbocycles. The maximum absolute atomic E-state index is 11.0. The average Bonchev–Trinajstić information content (AvgIpc) is 2.59. The number of carboxylic acids is 2. The van der Waals surface area contributed by atoms with Gasteiger partial charge in [0, 0.05) is 12.5 Å². The predicted molar refractivity (Wildman–Crippen MR) is 96.2 cm³/mol. The van der Waals surface area contributed by atoms with E-state index in [2.05, 4.69) is 5.32 Å².